The largest absolute Gasteiger partial charge is 0.393 e. The van der Waals surface area contributed by atoms with Crippen molar-refractivity contribution in [1.82, 2.24) is 14.8 Å². The molecule has 2 unspecified atom stereocenters. The van der Waals surface area contributed by atoms with Crippen molar-refractivity contribution in [2.45, 2.75) is 44.3 Å². The van der Waals surface area contributed by atoms with E-state index in [4.69, 9.17) is 11.6 Å². The number of benzene rings is 2. The zero-order valence-corrected chi connectivity index (χ0v) is 21.6. The van der Waals surface area contributed by atoms with Crippen LogP contribution in [0.3, 0.4) is 0 Å². The minimum atomic E-state index is -4.77. The van der Waals surface area contributed by atoms with Gasteiger partial charge in [0, 0.05) is 35.6 Å². The number of aromatic nitrogens is 1. The molecule has 0 aliphatic carbocycles. The van der Waals surface area contributed by atoms with Crippen molar-refractivity contribution in [2.24, 2.45) is 0 Å². The van der Waals surface area contributed by atoms with Crippen LogP contribution < -0.4 is 10.6 Å². The monoisotopic (exact) mass is 593 g/mol. The van der Waals surface area contributed by atoms with Crippen molar-refractivity contribution in [1.29, 1.82) is 0 Å². The number of fused-ring (bicyclic) bond motifs is 1. The number of amides is 2. The van der Waals surface area contributed by atoms with Gasteiger partial charge in [0.05, 0.1) is 23.3 Å². The van der Waals surface area contributed by atoms with E-state index in [1.54, 1.807) is 0 Å². The lowest BCUT2D eigenvalue weighted by Gasteiger charge is -2.24. The number of nitrogens with zero attached hydrogens (tertiary/aromatic N) is 2. The first-order valence-corrected chi connectivity index (χ1v) is 13.5. The molecule has 8 nitrogen and oxygen atoms in total. The van der Waals surface area contributed by atoms with Crippen molar-refractivity contribution < 1.29 is 45.9 Å². The van der Waals surface area contributed by atoms with Gasteiger partial charge in [-0.25, -0.2) is 8.78 Å². The van der Waals surface area contributed by atoms with Gasteiger partial charge in [-0.15, -0.1) is 0 Å². The Balaban J connectivity index is 1.58. The summed E-state index contributed by atoms with van der Waals surface area (Å²) >= 11 is 5.73. The van der Waals surface area contributed by atoms with Gasteiger partial charge in [-0.1, -0.05) is 29.8 Å². The third kappa shape index (κ3) is 6.60. The van der Waals surface area contributed by atoms with Gasteiger partial charge in [0.2, 0.25) is 11.8 Å². The van der Waals surface area contributed by atoms with Crippen molar-refractivity contribution in [2.75, 3.05) is 6.54 Å². The molecule has 210 valence electrons. The Morgan fingerprint density at radius 2 is 1.87 bits per heavy atom. The summed E-state index contributed by atoms with van der Waals surface area (Å²) in [6, 6.07) is 6.05. The van der Waals surface area contributed by atoms with Crippen LogP contribution >= 0.6 is 19.2 Å². The highest BCUT2D eigenvalue weighted by molar-refractivity contribution is 7.60. The van der Waals surface area contributed by atoms with Crippen LogP contribution in [0, 0.1) is 5.82 Å². The Kier molecular flexibility index (Phi) is 8.09. The molecule has 3 aromatic rings. The van der Waals surface area contributed by atoms with E-state index in [9.17, 15) is 45.9 Å². The second-order valence-electron chi connectivity index (χ2n) is 9.15. The molecule has 0 saturated carbocycles. The lowest BCUT2D eigenvalue weighted by atomic mass is 10.1. The van der Waals surface area contributed by atoms with E-state index in [-0.39, 0.29) is 40.0 Å². The Labute approximate surface area is 223 Å². The first-order chi connectivity index (χ1) is 18.1. The van der Waals surface area contributed by atoms with E-state index in [0.29, 0.717) is 0 Å². The van der Waals surface area contributed by atoms with Crippen molar-refractivity contribution in [3.63, 3.8) is 0 Å². The smallest absolute Gasteiger partial charge is 0.350 e. The van der Waals surface area contributed by atoms with E-state index >= 15 is 0 Å². The number of alkyl halides is 4. The van der Waals surface area contributed by atoms with Crippen LogP contribution in [0.5, 0.6) is 0 Å². The summed E-state index contributed by atoms with van der Waals surface area (Å²) in [6.07, 6.45) is -6.83. The number of carbonyl (C=O) groups is 2. The number of nitrogens with one attached hydrogen (secondary N) is 1. The normalized spacial score (nSPS) is 18.1. The molecular weight excluding hydrogens is 572 g/mol. The molecule has 0 spiro atoms. The van der Waals surface area contributed by atoms with Gasteiger partial charge in [0.1, 0.15) is 24.6 Å². The average Bonchev–Trinajstić information content (AvgIpc) is 3.38. The van der Waals surface area contributed by atoms with E-state index in [1.807, 2.05) is 0 Å². The van der Waals surface area contributed by atoms with E-state index in [2.05, 4.69) is 5.32 Å². The summed E-state index contributed by atoms with van der Waals surface area (Å²) in [5, 5.41) is 1.85. The highest BCUT2D eigenvalue weighted by atomic mass is 35.5. The fourth-order valence-corrected chi connectivity index (χ4v) is 5.31. The topological polar surface area (TPSA) is 112 Å². The molecule has 1 aliphatic rings. The Morgan fingerprint density at radius 3 is 2.54 bits per heavy atom. The second kappa shape index (κ2) is 10.9. The quantitative estimate of drug-likeness (QED) is 0.286. The van der Waals surface area contributed by atoms with Crippen LogP contribution in [0.25, 0.3) is 10.9 Å². The zero-order valence-electron chi connectivity index (χ0n) is 20.0. The third-order valence-corrected chi connectivity index (χ3v) is 7.58. The number of likely N-dealkylation sites (tertiary alicyclic amines) is 1. The fraction of sp³-hybridized carbons (Fsp3) is 0.333. The predicted molar refractivity (Wildman–Crippen MR) is 132 cm³/mol. The van der Waals surface area contributed by atoms with Crippen molar-refractivity contribution in [3.05, 3.63) is 64.6 Å². The average molecular weight is 594 g/mol. The molecule has 1 saturated heterocycles. The second-order valence-corrected chi connectivity index (χ2v) is 11.2. The molecule has 1 aliphatic heterocycles. The number of carbonyl (C=O) groups excluding carboxylic acids is 2. The van der Waals surface area contributed by atoms with E-state index in [1.165, 1.54) is 18.2 Å². The van der Waals surface area contributed by atoms with E-state index in [0.717, 1.165) is 33.9 Å². The fourth-order valence-electron chi connectivity index (χ4n) is 4.56. The highest BCUT2D eigenvalue weighted by Crippen LogP contribution is 2.36. The summed E-state index contributed by atoms with van der Waals surface area (Å²) in [4.78, 5) is 45.9. The summed E-state index contributed by atoms with van der Waals surface area (Å²) < 4.78 is 80.7. The Bertz CT molecular complexity index is 1470. The maximum Gasteiger partial charge on any atom is 0.393 e. The van der Waals surface area contributed by atoms with E-state index < -0.39 is 68.4 Å². The Hall–Kier alpha value is -2.99. The van der Waals surface area contributed by atoms with Crippen LogP contribution in [0.4, 0.5) is 22.0 Å². The minimum absolute atomic E-state index is 0.0277. The summed E-state index contributed by atoms with van der Waals surface area (Å²) in [6.45, 7) is -1.36. The number of hydrogen-bond donors (Lipinski definition) is 3. The number of hydrogen-bond acceptors (Lipinski definition) is 3. The molecule has 2 heterocycles. The number of rotatable bonds is 7. The van der Waals surface area contributed by atoms with Gasteiger partial charge in [-0.05, 0) is 23.8 Å². The van der Waals surface area contributed by atoms with Gasteiger partial charge >= 0.3 is 13.8 Å². The van der Waals surface area contributed by atoms with Crippen LogP contribution in [0.1, 0.15) is 17.5 Å². The number of halogens is 6. The van der Waals surface area contributed by atoms with Crippen LogP contribution in [0.2, 0.25) is 5.02 Å². The molecule has 15 heteroatoms. The SMILES string of the molecule is O=C(NCc1cccc(Cl)c1F)C1CC(F)CN1C(=O)Cn1cc(CC(F)(F)F)c2ccc(P(=O)(O)O)cc21. The molecule has 2 amide bonds. The van der Waals surface area contributed by atoms with Gasteiger partial charge in [0.15, 0.2) is 0 Å². The molecule has 1 aromatic heterocycles. The maximum atomic E-state index is 14.3. The van der Waals surface area contributed by atoms with Crippen LogP contribution in [-0.2, 0) is 33.7 Å². The van der Waals surface area contributed by atoms with Gasteiger partial charge in [-0.3, -0.25) is 14.2 Å². The molecule has 4 rings (SSSR count). The highest BCUT2D eigenvalue weighted by Gasteiger charge is 2.40. The minimum Gasteiger partial charge on any atom is -0.350 e. The molecule has 0 bridgehead atoms. The van der Waals surface area contributed by atoms with Gasteiger partial charge in [-0.2, -0.15) is 13.2 Å². The molecule has 1 fully saturated rings. The molecular formula is C24H22ClF5N3O5P. The van der Waals surface area contributed by atoms with Crippen molar-refractivity contribution >= 4 is 47.2 Å². The molecule has 3 N–H and O–H groups in total. The van der Waals surface area contributed by atoms with Gasteiger partial charge < -0.3 is 24.6 Å². The first-order valence-electron chi connectivity index (χ1n) is 11.5. The summed E-state index contributed by atoms with van der Waals surface area (Å²) in [5.41, 5.74) is -0.206. The van der Waals surface area contributed by atoms with Crippen LogP contribution in [0.15, 0.2) is 42.6 Å². The standard InChI is InChI=1S/C24H22ClF5N3O5P/c25-18-3-1-2-13(22(18)27)9-31-23(35)20-6-15(26)11-33(20)21(34)12-32-10-14(8-24(28,29)30)17-5-4-16(7-19(17)32)39(36,37)38/h1-5,7,10,15,20H,6,8-9,11-12H2,(H,31,35)(H2,36,37,38). The molecule has 2 aromatic carbocycles. The lowest BCUT2D eigenvalue weighted by molar-refractivity contribution is -0.139. The molecule has 39 heavy (non-hydrogen) atoms. The van der Waals surface area contributed by atoms with Crippen molar-refractivity contribution in [3.8, 4) is 0 Å². The van der Waals surface area contributed by atoms with Gasteiger partial charge in [0.25, 0.3) is 0 Å². The first kappa shape index (κ1) is 29.0. The predicted octanol–water partition coefficient (Wildman–Crippen LogP) is 3.60. The summed E-state index contributed by atoms with van der Waals surface area (Å²) in [7, 11) is -4.77. The maximum absolute atomic E-state index is 14.3. The molecule has 0 radical (unpaired) electrons. The summed E-state index contributed by atoms with van der Waals surface area (Å²) in [5.74, 6) is -2.31. The Morgan fingerprint density at radius 1 is 1.15 bits per heavy atom. The third-order valence-electron chi connectivity index (χ3n) is 6.34. The lowest BCUT2D eigenvalue weighted by Crippen LogP contribution is -2.46. The molecule has 2 atom stereocenters. The zero-order chi connectivity index (χ0) is 28.7. The van der Waals surface area contributed by atoms with Crippen LogP contribution in [-0.4, -0.2) is 56.0 Å².